The van der Waals surface area contributed by atoms with Crippen LogP contribution in [0.1, 0.15) is 55.3 Å². The molecule has 4 heteroatoms. The number of hydrogen-bond acceptors (Lipinski definition) is 4. The normalized spacial score (nSPS) is 15.7. The summed E-state index contributed by atoms with van der Waals surface area (Å²) < 4.78 is 5.55. The Hall–Kier alpha value is -1.65. The summed E-state index contributed by atoms with van der Waals surface area (Å²) in [7, 11) is 2.15. The zero-order valence-corrected chi connectivity index (χ0v) is 15.2. The van der Waals surface area contributed by atoms with Crippen molar-refractivity contribution in [1.82, 2.24) is 14.8 Å². The molecule has 1 aliphatic rings. The Kier molecular flexibility index (Phi) is 5.69. The van der Waals surface area contributed by atoms with Crippen molar-refractivity contribution in [3.05, 3.63) is 53.2 Å². The monoisotopic (exact) mass is 327 g/mol. The second-order valence-corrected chi connectivity index (χ2v) is 7.26. The van der Waals surface area contributed by atoms with E-state index >= 15 is 0 Å². The Morgan fingerprint density at radius 2 is 1.83 bits per heavy atom. The van der Waals surface area contributed by atoms with E-state index in [-0.39, 0.29) is 0 Å². The van der Waals surface area contributed by atoms with E-state index in [2.05, 4.69) is 59.9 Å². The molecule has 0 amide bonds. The summed E-state index contributed by atoms with van der Waals surface area (Å²) in [6.45, 7) is 9.51. The minimum atomic E-state index is 0.338. The average molecular weight is 327 g/mol. The van der Waals surface area contributed by atoms with Crippen molar-refractivity contribution in [3.8, 4) is 0 Å². The van der Waals surface area contributed by atoms with Crippen molar-refractivity contribution in [2.24, 2.45) is 0 Å². The fourth-order valence-corrected chi connectivity index (χ4v) is 3.33. The first-order valence-corrected chi connectivity index (χ1v) is 9.04. The Bertz CT molecular complexity index is 644. The molecule has 0 aliphatic carbocycles. The Labute approximate surface area is 145 Å². The van der Waals surface area contributed by atoms with Gasteiger partial charge < -0.3 is 4.42 Å². The molecule has 0 spiro atoms. The molecule has 0 N–H and O–H groups in total. The highest BCUT2D eigenvalue weighted by Crippen LogP contribution is 2.19. The summed E-state index contributed by atoms with van der Waals surface area (Å²) in [5.41, 5.74) is 3.88. The van der Waals surface area contributed by atoms with Crippen molar-refractivity contribution in [2.75, 3.05) is 20.1 Å². The first-order chi connectivity index (χ1) is 11.6. The van der Waals surface area contributed by atoms with Gasteiger partial charge in [-0.05, 0) is 44.1 Å². The molecule has 24 heavy (non-hydrogen) atoms. The molecule has 4 nitrogen and oxygen atoms in total. The molecule has 1 aromatic carbocycles. The SMILES string of the molecule is CC(C)c1nc(CN(C)Cc2ccccc2CN2CCCC2)co1. The highest BCUT2D eigenvalue weighted by molar-refractivity contribution is 5.27. The molecule has 0 bridgehead atoms. The molecule has 1 fully saturated rings. The molecule has 0 unspecified atom stereocenters. The zero-order chi connectivity index (χ0) is 16.9. The summed E-state index contributed by atoms with van der Waals surface area (Å²) in [6, 6.07) is 8.82. The highest BCUT2D eigenvalue weighted by atomic mass is 16.3. The van der Waals surface area contributed by atoms with Gasteiger partial charge in [-0.15, -0.1) is 0 Å². The lowest BCUT2D eigenvalue weighted by molar-refractivity contribution is 0.304. The third kappa shape index (κ3) is 4.46. The first kappa shape index (κ1) is 17.2. The van der Waals surface area contributed by atoms with Gasteiger partial charge in [0.1, 0.15) is 6.26 Å². The molecular formula is C20H29N3O. The van der Waals surface area contributed by atoms with Crippen LogP contribution in [0.2, 0.25) is 0 Å². The predicted molar refractivity (Wildman–Crippen MR) is 96.7 cm³/mol. The van der Waals surface area contributed by atoms with E-state index in [9.17, 15) is 0 Å². The van der Waals surface area contributed by atoms with E-state index in [1.165, 1.54) is 37.1 Å². The molecule has 0 atom stereocenters. The summed E-state index contributed by atoms with van der Waals surface area (Å²) in [5.74, 6) is 1.16. The molecule has 0 saturated carbocycles. The van der Waals surface area contributed by atoms with Gasteiger partial charge in [0.25, 0.3) is 0 Å². The van der Waals surface area contributed by atoms with E-state index in [1.807, 2.05) is 0 Å². The number of likely N-dealkylation sites (tertiary alicyclic amines) is 1. The first-order valence-electron chi connectivity index (χ1n) is 9.04. The van der Waals surface area contributed by atoms with Crippen LogP contribution < -0.4 is 0 Å². The lowest BCUT2D eigenvalue weighted by Crippen LogP contribution is -2.22. The minimum absolute atomic E-state index is 0.338. The standard InChI is InChI=1S/C20H29N3O/c1-16(2)20-21-19(15-24-20)14-22(3)12-17-8-4-5-9-18(17)13-23-10-6-7-11-23/h4-5,8-9,15-16H,6-7,10-14H2,1-3H3. The van der Waals surface area contributed by atoms with Gasteiger partial charge >= 0.3 is 0 Å². The Balaban J connectivity index is 1.61. The molecule has 1 aromatic heterocycles. The number of hydrogen-bond donors (Lipinski definition) is 0. The maximum atomic E-state index is 5.55. The van der Waals surface area contributed by atoms with Gasteiger partial charge in [0.15, 0.2) is 5.89 Å². The van der Waals surface area contributed by atoms with E-state index in [1.54, 1.807) is 6.26 Å². The number of oxazole rings is 1. The fraction of sp³-hybridized carbons (Fsp3) is 0.550. The predicted octanol–water partition coefficient (Wildman–Crippen LogP) is 4.03. The van der Waals surface area contributed by atoms with Crippen LogP contribution in [0.25, 0.3) is 0 Å². The molecule has 1 aliphatic heterocycles. The fourth-order valence-electron chi connectivity index (χ4n) is 3.33. The number of benzene rings is 1. The van der Waals surface area contributed by atoms with Crippen molar-refractivity contribution in [2.45, 2.75) is 52.2 Å². The Morgan fingerprint density at radius 3 is 2.50 bits per heavy atom. The van der Waals surface area contributed by atoms with Gasteiger partial charge in [0.05, 0.1) is 5.69 Å². The van der Waals surface area contributed by atoms with Crippen LogP contribution in [-0.2, 0) is 19.6 Å². The summed E-state index contributed by atoms with van der Waals surface area (Å²) in [6.07, 6.45) is 4.47. The van der Waals surface area contributed by atoms with Gasteiger partial charge in [0.2, 0.25) is 0 Å². The molecule has 130 valence electrons. The second-order valence-electron chi connectivity index (χ2n) is 7.26. The smallest absolute Gasteiger partial charge is 0.196 e. The van der Waals surface area contributed by atoms with Crippen LogP contribution in [0.5, 0.6) is 0 Å². The minimum Gasteiger partial charge on any atom is -0.448 e. The van der Waals surface area contributed by atoms with E-state index in [0.717, 1.165) is 31.2 Å². The molecule has 2 aromatic rings. The largest absolute Gasteiger partial charge is 0.448 e. The number of nitrogens with zero attached hydrogens (tertiary/aromatic N) is 3. The van der Waals surface area contributed by atoms with Gasteiger partial charge in [-0.3, -0.25) is 9.80 Å². The number of aromatic nitrogens is 1. The maximum absolute atomic E-state index is 5.55. The Morgan fingerprint density at radius 1 is 1.12 bits per heavy atom. The van der Waals surface area contributed by atoms with Gasteiger partial charge in [0, 0.05) is 25.6 Å². The molecule has 0 radical (unpaired) electrons. The average Bonchev–Trinajstić information content (AvgIpc) is 3.21. The van der Waals surface area contributed by atoms with Crippen LogP contribution in [0.15, 0.2) is 34.9 Å². The highest BCUT2D eigenvalue weighted by Gasteiger charge is 2.15. The van der Waals surface area contributed by atoms with Gasteiger partial charge in [-0.25, -0.2) is 4.98 Å². The third-order valence-electron chi connectivity index (χ3n) is 4.65. The van der Waals surface area contributed by atoms with Crippen molar-refractivity contribution >= 4 is 0 Å². The molecular weight excluding hydrogens is 298 g/mol. The second kappa shape index (κ2) is 7.95. The van der Waals surface area contributed by atoms with Crippen molar-refractivity contribution < 1.29 is 4.42 Å². The van der Waals surface area contributed by atoms with Crippen molar-refractivity contribution in [3.63, 3.8) is 0 Å². The van der Waals surface area contributed by atoms with Crippen LogP contribution in [-0.4, -0.2) is 34.9 Å². The van der Waals surface area contributed by atoms with Crippen LogP contribution in [0.3, 0.4) is 0 Å². The van der Waals surface area contributed by atoms with E-state index in [0.29, 0.717) is 5.92 Å². The quantitative estimate of drug-likeness (QED) is 0.769. The molecule has 1 saturated heterocycles. The third-order valence-corrected chi connectivity index (χ3v) is 4.65. The van der Waals surface area contributed by atoms with Gasteiger partial charge in [-0.1, -0.05) is 38.1 Å². The summed E-state index contributed by atoms with van der Waals surface area (Å²) in [4.78, 5) is 9.45. The van der Waals surface area contributed by atoms with Crippen LogP contribution in [0, 0.1) is 0 Å². The zero-order valence-electron chi connectivity index (χ0n) is 15.2. The molecule has 3 rings (SSSR count). The number of rotatable bonds is 7. The lowest BCUT2D eigenvalue weighted by Gasteiger charge is -2.21. The molecule has 2 heterocycles. The topological polar surface area (TPSA) is 32.5 Å². The van der Waals surface area contributed by atoms with E-state index < -0.39 is 0 Å². The summed E-state index contributed by atoms with van der Waals surface area (Å²) >= 11 is 0. The lowest BCUT2D eigenvalue weighted by atomic mass is 10.1. The maximum Gasteiger partial charge on any atom is 0.196 e. The van der Waals surface area contributed by atoms with Crippen LogP contribution in [0.4, 0.5) is 0 Å². The summed E-state index contributed by atoms with van der Waals surface area (Å²) in [5, 5.41) is 0. The van der Waals surface area contributed by atoms with Crippen molar-refractivity contribution in [1.29, 1.82) is 0 Å². The van der Waals surface area contributed by atoms with E-state index in [4.69, 9.17) is 4.42 Å². The van der Waals surface area contributed by atoms with Crippen LogP contribution >= 0.6 is 0 Å². The van der Waals surface area contributed by atoms with Gasteiger partial charge in [-0.2, -0.15) is 0 Å².